The molecule has 1 aliphatic rings. The predicted octanol–water partition coefficient (Wildman–Crippen LogP) is 7.93. The summed E-state index contributed by atoms with van der Waals surface area (Å²) in [5.41, 5.74) is 6.00. The highest BCUT2D eigenvalue weighted by atomic mass is 19.2. The van der Waals surface area contributed by atoms with E-state index in [1.165, 1.54) is 11.6 Å². The van der Waals surface area contributed by atoms with Crippen molar-refractivity contribution < 1.29 is 18.1 Å². The molecular formula is C36H49F2N5O2. The molecule has 0 spiro atoms. The quantitative estimate of drug-likeness (QED) is 0.194. The van der Waals surface area contributed by atoms with Gasteiger partial charge in [0.05, 0.1) is 23.3 Å². The van der Waals surface area contributed by atoms with Gasteiger partial charge in [0, 0.05) is 43.2 Å². The number of halogens is 2. The minimum atomic E-state index is -0.791. The van der Waals surface area contributed by atoms with Crippen molar-refractivity contribution in [3.63, 3.8) is 0 Å². The summed E-state index contributed by atoms with van der Waals surface area (Å²) >= 11 is 0. The monoisotopic (exact) mass is 621 g/mol. The Kier molecular flexibility index (Phi) is 11.7. The fourth-order valence-electron chi connectivity index (χ4n) is 6.31. The highest BCUT2D eigenvalue weighted by molar-refractivity contribution is 5.84. The zero-order valence-corrected chi connectivity index (χ0v) is 28.1. The second kappa shape index (κ2) is 15.2. The number of imidazole rings is 1. The second-order valence-corrected chi connectivity index (χ2v) is 12.8. The third kappa shape index (κ3) is 8.24. The zero-order valence-electron chi connectivity index (χ0n) is 28.1. The summed E-state index contributed by atoms with van der Waals surface area (Å²) in [5, 5.41) is 7.57. The molecule has 1 saturated heterocycles. The molecule has 2 aromatic carbocycles. The van der Waals surface area contributed by atoms with Crippen LogP contribution in [-0.4, -0.2) is 57.6 Å². The first-order chi connectivity index (χ1) is 21.4. The number of hydrogen-bond donors (Lipinski definition) is 1. The van der Waals surface area contributed by atoms with Gasteiger partial charge >= 0.3 is 0 Å². The van der Waals surface area contributed by atoms with Crippen LogP contribution in [0.4, 0.5) is 8.78 Å². The predicted molar refractivity (Wildman–Crippen MR) is 177 cm³/mol. The summed E-state index contributed by atoms with van der Waals surface area (Å²) in [4.78, 5) is 19.5. The van der Waals surface area contributed by atoms with Crippen LogP contribution in [0.3, 0.4) is 0 Å². The number of nitrogens with one attached hydrogen (secondary N) is 1. The number of carbonyl (C=O) groups excluding carboxylic acids is 1. The van der Waals surface area contributed by atoms with Crippen LogP contribution < -0.4 is 5.32 Å². The smallest absolute Gasteiger partial charge is 0.159 e. The molecule has 2 aromatic heterocycles. The number of ketones is 1. The van der Waals surface area contributed by atoms with E-state index in [4.69, 9.17) is 9.51 Å². The van der Waals surface area contributed by atoms with Crippen LogP contribution in [0.25, 0.3) is 22.2 Å². The van der Waals surface area contributed by atoms with Crippen LogP contribution >= 0.6 is 0 Å². The number of likely N-dealkylation sites (tertiary alicyclic amines) is 1. The van der Waals surface area contributed by atoms with Gasteiger partial charge in [0.1, 0.15) is 17.4 Å². The maximum absolute atomic E-state index is 12.2. The lowest BCUT2D eigenvalue weighted by Crippen LogP contribution is -2.39. The summed E-state index contributed by atoms with van der Waals surface area (Å²) in [6.45, 7) is 19.8. The fraction of sp³-hybridized carbons (Fsp3) is 0.528. The van der Waals surface area contributed by atoms with Crippen LogP contribution in [0.2, 0.25) is 0 Å². The minimum absolute atomic E-state index is 0.163. The molecule has 1 unspecified atom stereocenters. The summed E-state index contributed by atoms with van der Waals surface area (Å²) < 4.78 is 32.3. The van der Waals surface area contributed by atoms with Crippen LogP contribution in [0.5, 0.6) is 0 Å². The Labute approximate surface area is 266 Å². The van der Waals surface area contributed by atoms with Crippen molar-refractivity contribution in [2.45, 2.75) is 92.7 Å². The molecule has 1 fully saturated rings. The number of benzene rings is 2. The van der Waals surface area contributed by atoms with E-state index in [0.717, 1.165) is 90.5 Å². The molecule has 1 N–H and O–H groups in total. The number of hydrogen-bond acceptors (Lipinski definition) is 6. The van der Waals surface area contributed by atoms with E-state index in [2.05, 4.69) is 65.8 Å². The molecule has 0 radical (unpaired) electrons. The van der Waals surface area contributed by atoms with Crippen LogP contribution in [0, 0.1) is 38.3 Å². The van der Waals surface area contributed by atoms with E-state index >= 15 is 0 Å². The lowest BCUT2D eigenvalue weighted by atomic mass is 9.90. The van der Waals surface area contributed by atoms with Gasteiger partial charge in [-0.1, -0.05) is 37.6 Å². The van der Waals surface area contributed by atoms with Crippen LogP contribution in [0.1, 0.15) is 88.7 Å². The highest BCUT2D eigenvalue weighted by Crippen LogP contribution is 2.37. The average Bonchev–Trinajstić information content (AvgIpc) is 3.55. The molecule has 0 aliphatic carbocycles. The first-order valence-electron chi connectivity index (χ1n) is 16.2. The number of rotatable bonds is 10. The molecule has 244 valence electrons. The van der Waals surface area contributed by atoms with Gasteiger partial charge in [-0.15, -0.1) is 0 Å². The topological polar surface area (TPSA) is 76.2 Å². The van der Waals surface area contributed by atoms with E-state index in [9.17, 15) is 13.6 Å². The van der Waals surface area contributed by atoms with E-state index in [0.29, 0.717) is 24.5 Å². The summed E-state index contributed by atoms with van der Waals surface area (Å²) in [5.74, 6) is 1.24. The van der Waals surface area contributed by atoms with Gasteiger partial charge in [-0.2, -0.15) is 0 Å². The van der Waals surface area contributed by atoms with Crippen LogP contribution in [0.15, 0.2) is 40.9 Å². The fourth-order valence-corrected chi connectivity index (χ4v) is 6.31. The van der Waals surface area contributed by atoms with E-state index < -0.39 is 11.6 Å². The highest BCUT2D eigenvalue weighted by Gasteiger charge is 2.30. The molecule has 0 bridgehead atoms. The molecule has 0 amide bonds. The Bertz CT molecular complexity index is 1570. The van der Waals surface area contributed by atoms with E-state index in [-0.39, 0.29) is 11.7 Å². The molecule has 2 atom stereocenters. The summed E-state index contributed by atoms with van der Waals surface area (Å²) in [7, 11) is 0. The number of piperidine rings is 1. The molecule has 45 heavy (non-hydrogen) atoms. The van der Waals surface area contributed by atoms with Crippen molar-refractivity contribution in [2.24, 2.45) is 5.92 Å². The average molecular weight is 622 g/mol. The maximum atomic E-state index is 12.2. The zero-order chi connectivity index (χ0) is 32.8. The number of carbonyl (C=O) groups is 1. The number of aryl methyl sites for hydroxylation is 3. The molecule has 0 saturated carbocycles. The molecule has 3 heterocycles. The van der Waals surface area contributed by atoms with E-state index in [1.807, 2.05) is 13.8 Å². The molecule has 1 aliphatic heterocycles. The first-order valence-corrected chi connectivity index (χ1v) is 16.2. The maximum Gasteiger partial charge on any atom is 0.159 e. The van der Waals surface area contributed by atoms with Gasteiger partial charge in [0.2, 0.25) is 0 Å². The third-order valence-corrected chi connectivity index (χ3v) is 9.11. The largest absolute Gasteiger partial charge is 0.361 e. The van der Waals surface area contributed by atoms with Gasteiger partial charge in [0.25, 0.3) is 0 Å². The Hall–Kier alpha value is -3.43. The van der Waals surface area contributed by atoms with Gasteiger partial charge in [-0.3, -0.25) is 4.79 Å². The second-order valence-electron chi connectivity index (χ2n) is 12.8. The SMILES string of the molecule is CC[C@@H](C)C(CNCC(C)=O)c1nc2cc(-c3c(C)noc3C)ccc2n1C1CCN(C(C)C)CC1.Cc1ccc(F)c(F)c1. The molecule has 7 nitrogen and oxygen atoms in total. The van der Waals surface area contributed by atoms with Gasteiger partial charge < -0.3 is 19.3 Å². The first kappa shape index (κ1) is 34.4. The Balaban J connectivity index is 0.000000440. The van der Waals surface area contributed by atoms with Crippen molar-refractivity contribution in [1.29, 1.82) is 0 Å². The van der Waals surface area contributed by atoms with Crippen molar-refractivity contribution >= 4 is 16.8 Å². The van der Waals surface area contributed by atoms with Gasteiger partial charge in [-0.25, -0.2) is 13.8 Å². The number of Topliss-reactive ketones (excluding diaryl/α,β-unsaturated/α-hetero) is 1. The lowest BCUT2D eigenvalue weighted by Gasteiger charge is -2.37. The van der Waals surface area contributed by atoms with Crippen molar-refractivity contribution in [1.82, 2.24) is 24.9 Å². The number of fused-ring (bicyclic) bond motifs is 1. The van der Waals surface area contributed by atoms with Crippen LogP contribution in [-0.2, 0) is 4.79 Å². The van der Waals surface area contributed by atoms with E-state index in [1.54, 1.807) is 13.8 Å². The number of nitrogens with zero attached hydrogens (tertiary/aromatic N) is 4. The normalized spacial score (nSPS) is 15.7. The standard InChI is InChI=1S/C29H43N5O2.C7H6F2/c1-8-19(4)25(17-30-16-20(5)35)29-31-26-15-23(28-21(6)32-36-22(28)7)9-10-27(26)34(29)24-11-13-33(14-12-24)18(2)3;1-5-2-3-6(8)7(9)4-5/h9-10,15,18-19,24-25,30H,8,11-14,16-17H2,1-7H3;2-4H,1H3/t19-,25?;/m1./s1. The molecular weight excluding hydrogens is 572 g/mol. The Morgan fingerprint density at radius 3 is 2.31 bits per heavy atom. The lowest BCUT2D eigenvalue weighted by molar-refractivity contribution is -0.116. The van der Waals surface area contributed by atoms with Crippen molar-refractivity contribution in [3.8, 4) is 11.1 Å². The van der Waals surface area contributed by atoms with Crippen molar-refractivity contribution in [2.75, 3.05) is 26.2 Å². The molecule has 9 heteroatoms. The Morgan fingerprint density at radius 1 is 1.04 bits per heavy atom. The molecule has 5 rings (SSSR count). The minimum Gasteiger partial charge on any atom is -0.361 e. The molecule has 4 aromatic rings. The van der Waals surface area contributed by atoms with Gasteiger partial charge in [-0.05, 0) is 95.7 Å². The summed E-state index contributed by atoms with van der Waals surface area (Å²) in [6, 6.07) is 11.4. The number of aromatic nitrogens is 3. The summed E-state index contributed by atoms with van der Waals surface area (Å²) in [6.07, 6.45) is 3.30. The van der Waals surface area contributed by atoms with Gasteiger partial charge in [0.15, 0.2) is 11.6 Å². The van der Waals surface area contributed by atoms with Crippen molar-refractivity contribution in [3.05, 3.63) is 70.9 Å². The third-order valence-electron chi connectivity index (χ3n) is 9.11. The Morgan fingerprint density at radius 2 is 1.76 bits per heavy atom.